The van der Waals surface area contributed by atoms with E-state index in [9.17, 15) is 29.4 Å². The summed E-state index contributed by atoms with van der Waals surface area (Å²) in [6.45, 7) is 0.263. The number of amides is 4. The Morgan fingerprint density at radius 1 is 0.885 bits per heavy atom. The van der Waals surface area contributed by atoms with Gasteiger partial charge in [0.15, 0.2) is 0 Å². The van der Waals surface area contributed by atoms with Gasteiger partial charge in [-0.05, 0) is 57.0 Å². The molecule has 16 nitrogen and oxygen atoms in total. The molecule has 16 heteroatoms. The second-order valence-electron chi connectivity index (χ2n) is 13.1. The van der Waals surface area contributed by atoms with Crippen LogP contribution in [0.2, 0.25) is 0 Å². The Balaban J connectivity index is 0.000000398. The highest BCUT2D eigenvalue weighted by molar-refractivity contribution is 6.13. The molecule has 1 aliphatic carbocycles. The van der Waals surface area contributed by atoms with Crippen molar-refractivity contribution >= 4 is 40.9 Å². The van der Waals surface area contributed by atoms with Crippen molar-refractivity contribution in [2.75, 3.05) is 56.6 Å². The van der Waals surface area contributed by atoms with E-state index in [0.29, 0.717) is 24.5 Å². The number of hydrazone groups is 1. The average Bonchev–Trinajstić information content (AvgIpc) is 3.67. The van der Waals surface area contributed by atoms with Crippen LogP contribution >= 0.6 is 0 Å². The summed E-state index contributed by atoms with van der Waals surface area (Å²) < 4.78 is 0. The number of urea groups is 1. The fourth-order valence-corrected chi connectivity index (χ4v) is 6.49. The summed E-state index contributed by atoms with van der Waals surface area (Å²) in [5.41, 5.74) is 2.54. The number of likely N-dealkylation sites (N-methyl/N-ethyl adjacent to an activating group) is 1. The minimum absolute atomic E-state index is 0.0401. The summed E-state index contributed by atoms with van der Waals surface area (Å²) in [4.78, 5) is 54.7. The van der Waals surface area contributed by atoms with Gasteiger partial charge < -0.3 is 46.2 Å². The molecule has 2 aliphatic heterocycles. The number of anilines is 2. The maximum atomic E-state index is 13.9. The molecule has 8 N–H and O–H groups in total. The van der Waals surface area contributed by atoms with Crippen molar-refractivity contribution in [2.24, 2.45) is 11.0 Å². The van der Waals surface area contributed by atoms with Crippen LogP contribution in [0.3, 0.4) is 0 Å². The van der Waals surface area contributed by atoms with E-state index in [0.717, 1.165) is 61.2 Å². The fourth-order valence-electron chi connectivity index (χ4n) is 6.49. The molecule has 1 saturated carbocycles. The highest BCUT2D eigenvalue weighted by Gasteiger charge is 2.36. The Morgan fingerprint density at radius 2 is 1.56 bits per heavy atom. The van der Waals surface area contributed by atoms with E-state index in [1.54, 1.807) is 18.0 Å². The number of carbonyl (C=O) groups is 4. The van der Waals surface area contributed by atoms with Crippen LogP contribution in [-0.4, -0.2) is 141 Å². The van der Waals surface area contributed by atoms with Gasteiger partial charge in [-0.15, -0.1) is 0 Å². The molecule has 0 aromatic heterocycles. The SMILES string of the molecule is CNC[C@H](O)[C@@H](O)[C@H](O)[C@H](O)CO.O=C(CN1N=C(C2CCCCC2)c2ccccc2N(CC(=O)N2CCCC2)C1=O)Nc1cccc(C(=O)O)c1. The number of aromatic carboxylic acids is 1. The molecule has 3 aliphatic rings. The second kappa shape index (κ2) is 19.4. The van der Waals surface area contributed by atoms with E-state index in [-0.39, 0.29) is 37.0 Å². The number of carboxylic acids is 1. The summed E-state index contributed by atoms with van der Waals surface area (Å²) in [5, 5.41) is 65.4. The van der Waals surface area contributed by atoms with Crippen LogP contribution in [0.4, 0.5) is 16.2 Å². The number of aliphatic hydroxyl groups excluding tert-OH is 5. The van der Waals surface area contributed by atoms with E-state index in [1.807, 2.05) is 24.3 Å². The first-order valence-electron chi connectivity index (χ1n) is 17.6. The van der Waals surface area contributed by atoms with Crippen LogP contribution in [0.5, 0.6) is 0 Å². The molecule has 2 heterocycles. The Labute approximate surface area is 302 Å². The molecule has 284 valence electrons. The largest absolute Gasteiger partial charge is 0.478 e. The molecule has 2 aromatic rings. The Hall–Kier alpha value is -4.45. The zero-order valence-corrected chi connectivity index (χ0v) is 29.3. The molecule has 2 aromatic carbocycles. The van der Waals surface area contributed by atoms with Gasteiger partial charge in [-0.25, -0.2) is 14.6 Å². The minimum Gasteiger partial charge on any atom is -0.478 e. The number of likely N-dealkylation sites (tertiary alicyclic amines) is 1. The van der Waals surface area contributed by atoms with E-state index < -0.39 is 48.9 Å². The highest BCUT2D eigenvalue weighted by atomic mass is 16.4. The number of hydrogen-bond donors (Lipinski definition) is 8. The molecule has 5 rings (SSSR count). The zero-order chi connectivity index (χ0) is 37.8. The van der Waals surface area contributed by atoms with Gasteiger partial charge in [0.1, 0.15) is 31.4 Å². The number of rotatable bonds is 13. The highest BCUT2D eigenvalue weighted by Crippen LogP contribution is 2.34. The van der Waals surface area contributed by atoms with Gasteiger partial charge in [0.25, 0.3) is 0 Å². The summed E-state index contributed by atoms with van der Waals surface area (Å²) in [7, 11) is 1.57. The normalized spacial score (nSPS) is 18.6. The van der Waals surface area contributed by atoms with Crippen LogP contribution < -0.4 is 15.5 Å². The lowest BCUT2D eigenvalue weighted by Gasteiger charge is -2.27. The first kappa shape index (κ1) is 40.3. The number of benzene rings is 2. The Bertz CT molecular complexity index is 1560. The number of carboxylic acid groups (broad SMARTS) is 1. The van der Waals surface area contributed by atoms with Crippen molar-refractivity contribution in [3.8, 4) is 0 Å². The molecule has 4 amide bonds. The van der Waals surface area contributed by atoms with E-state index in [4.69, 9.17) is 25.5 Å². The van der Waals surface area contributed by atoms with Crippen molar-refractivity contribution < 1.29 is 49.8 Å². The molecule has 4 atom stereocenters. The maximum Gasteiger partial charge on any atom is 0.345 e. The third kappa shape index (κ3) is 10.6. The standard InChI is InChI=1S/C29H33N5O5.C7H17NO5/c35-25(30-22-12-8-11-21(17-22)28(37)38)18-34-29(39)33(19-26(36)32-15-6-7-16-32)24-14-5-4-13-23(24)27(31-34)20-9-2-1-3-10-20;1-8-2-4(10)6(12)7(13)5(11)3-9/h4-5,8,11-14,17,20H,1-3,6-7,9-10,15-16,18-19H2,(H,30,35)(H,37,38);4-13H,2-3H2,1H3/t;4-,5+,6+,7+/m.0/s1. The number of nitrogens with one attached hydrogen (secondary N) is 2. The molecular weight excluding hydrogens is 676 g/mol. The molecule has 0 radical (unpaired) electrons. The number of hydrogen-bond acceptors (Lipinski definition) is 11. The van der Waals surface area contributed by atoms with Gasteiger partial charge >= 0.3 is 12.0 Å². The summed E-state index contributed by atoms with van der Waals surface area (Å²) >= 11 is 0. The molecule has 0 bridgehead atoms. The van der Waals surface area contributed by atoms with Gasteiger partial charge in [-0.1, -0.05) is 43.5 Å². The van der Waals surface area contributed by atoms with Crippen molar-refractivity contribution in [3.63, 3.8) is 0 Å². The van der Waals surface area contributed by atoms with Crippen molar-refractivity contribution in [1.82, 2.24) is 15.2 Å². The first-order valence-corrected chi connectivity index (χ1v) is 17.6. The number of aliphatic hydroxyl groups is 5. The monoisotopic (exact) mass is 726 g/mol. The summed E-state index contributed by atoms with van der Waals surface area (Å²) in [6.07, 6.45) is 1.41. The number of para-hydroxylation sites is 1. The lowest BCUT2D eigenvalue weighted by molar-refractivity contribution is -0.128. The van der Waals surface area contributed by atoms with Crippen molar-refractivity contribution in [1.29, 1.82) is 0 Å². The Morgan fingerprint density at radius 3 is 2.21 bits per heavy atom. The van der Waals surface area contributed by atoms with Gasteiger partial charge in [0, 0.05) is 36.8 Å². The fraction of sp³-hybridized carbons (Fsp3) is 0.528. The third-order valence-electron chi connectivity index (χ3n) is 9.32. The van der Waals surface area contributed by atoms with Crippen LogP contribution in [0.25, 0.3) is 0 Å². The number of fused-ring (bicyclic) bond motifs is 1. The van der Waals surface area contributed by atoms with Crippen molar-refractivity contribution in [2.45, 2.75) is 69.4 Å². The topological polar surface area (TPSA) is 236 Å². The zero-order valence-electron chi connectivity index (χ0n) is 29.3. The smallest absolute Gasteiger partial charge is 0.345 e. The van der Waals surface area contributed by atoms with E-state index in [2.05, 4.69) is 10.6 Å². The number of carbonyl (C=O) groups excluding carboxylic acids is 3. The van der Waals surface area contributed by atoms with Crippen molar-refractivity contribution in [3.05, 3.63) is 59.7 Å². The minimum atomic E-state index is -1.55. The Kier molecular flexibility index (Phi) is 15.0. The average molecular weight is 727 g/mol. The predicted octanol–water partition coefficient (Wildman–Crippen LogP) is 0.814. The van der Waals surface area contributed by atoms with Crippen LogP contribution in [0, 0.1) is 5.92 Å². The van der Waals surface area contributed by atoms with Gasteiger partial charge in [-0.2, -0.15) is 5.10 Å². The molecule has 0 spiro atoms. The predicted molar refractivity (Wildman–Crippen MR) is 192 cm³/mol. The third-order valence-corrected chi connectivity index (χ3v) is 9.32. The van der Waals surface area contributed by atoms with Gasteiger partial charge in [0.2, 0.25) is 11.8 Å². The maximum absolute atomic E-state index is 13.9. The molecule has 1 saturated heterocycles. The lowest BCUT2D eigenvalue weighted by atomic mass is 9.83. The molecular formula is C36H50N6O10. The lowest BCUT2D eigenvalue weighted by Crippen LogP contribution is -2.48. The summed E-state index contributed by atoms with van der Waals surface area (Å²) in [5.74, 6) is -1.62. The second-order valence-corrected chi connectivity index (χ2v) is 13.1. The van der Waals surface area contributed by atoms with Crippen LogP contribution in [-0.2, 0) is 9.59 Å². The molecule has 0 unspecified atom stereocenters. The van der Waals surface area contributed by atoms with Crippen LogP contribution in [0.1, 0.15) is 60.9 Å². The van der Waals surface area contributed by atoms with E-state index >= 15 is 0 Å². The van der Waals surface area contributed by atoms with Crippen LogP contribution in [0.15, 0.2) is 53.6 Å². The first-order chi connectivity index (χ1) is 24.9. The quantitative estimate of drug-likeness (QED) is 0.144. The van der Waals surface area contributed by atoms with E-state index in [1.165, 1.54) is 23.1 Å². The molecule has 52 heavy (non-hydrogen) atoms. The summed E-state index contributed by atoms with van der Waals surface area (Å²) in [6, 6.07) is 12.9. The molecule has 2 fully saturated rings. The van der Waals surface area contributed by atoms with Gasteiger partial charge in [-0.3, -0.25) is 14.5 Å². The van der Waals surface area contributed by atoms with Gasteiger partial charge in [0.05, 0.1) is 29.7 Å². The number of nitrogens with zero attached hydrogens (tertiary/aromatic N) is 4.